The smallest absolute Gasteiger partial charge is 0.193 e. The van der Waals surface area contributed by atoms with Gasteiger partial charge in [-0.2, -0.15) is 0 Å². The van der Waals surface area contributed by atoms with Gasteiger partial charge in [-0.1, -0.05) is 12.1 Å². The first-order valence-electron chi connectivity index (χ1n) is 6.68. The summed E-state index contributed by atoms with van der Waals surface area (Å²) in [6.45, 7) is 0. The van der Waals surface area contributed by atoms with Crippen molar-refractivity contribution in [3.8, 4) is 0 Å². The van der Waals surface area contributed by atoms with E-state index in [0.29, 0.717) is 6.42 Å². The minimum absolute atomic E-state index is 0.202. The second-order valence-corrected chi connectivity index (χ2v) is 5.79. The summed E-state index contributed by atoms with van der Waals surface area (Å²) < 4.78 is 2.01. The number of hydrogen-bond acceptors (Lipinski definition) is 5. The Balaban J connectivity index is 1.63. The number of thiazole rings is 1. The number of benzene rings is 1. The van der Waals surface area contributed by atoms with Crippen molar-refractivity contribution < 1.29 is 0 Å². The Bertz CT molecular complexity index is 882. The first kappa shape index (κ1) is 12.4. The van der Waals surface area contributed by atoms with E-state index in [4.69, 9.17) is 5.73 Å². The lowest BCUT2D eigenvalue weighted by Gasteiger charge is -2.09. The highest BCUT2D eigenvalue weighted by molar-refractivity contribution is 7.15. The highest BCUT2D eigenvalue weighted by atomic mass is 32.1. The average molecular weight is 295 g/mol. The van der Waals surface area contributed by atoms with Gasteiger partial charge in [0, 0.05) is 24.2 Å². The molecule has 1 atom stereocenters. The van der Waals surface area contributed by atoms with Gasteiger partial charge in [0.25, 0.3) is 0 Å². The highest BCUT2D eigenvalue weighted by Gasteiger charge is 2.12. The monoisotopic (exact) mass is 295 g/mol. The van der Waals surface area contributed by atoms with Crippen molar-refractivity contribution in [1.82, 2.24) is 19.4 Å². The largest absolute Gasteiger partial charge is 0.322 e. The molecule has 6 heteroatoms. The van der Waals surface area contributed by atoms with Gasteiger partial charge < -0.3 is 5.73 Å². The number of para-hydroxylation sites is 2. The molecule has 0 saturated heterocycles. The number of imidazole rings is 1. The molecule has 21 heavy (non-hydrogen) atoms. The van der Waals surface area contributed by atoms with E-state index in [-0.39, 0.29) is 6.04 Å². The van der Waals surface area contributed by atoms with Crippen LogP contribution in [0, 0.1) is 0 Å². The molecule has 4 aromatic rings. The van der Waals surface area contributed by atoms with Crippen molar-refractivity contribution in [2.24, 2.45) is 5.73 Å². The Kier molecular flexibility index (Phi) is 2.90. The highest BCUT2D eigenvalue weighted by Crippen LogP contribution is 2.18. The summed E-state index contributed by atoms with van der Waals surface area (Å²) in [5.74, 6) is 0. The molecule has 0 radical (unpaired) electrons. The molecule has 1 unspecified atom stereocenters. The van der Waals surface area contributed by atoms with Crippen molar-refractivity contribution in [2.45, 2.75) is 12.5 Å². The third-order valence-electron chi connectivity index (χ3n) is 3.42. The maximum Gasteiger partial charge on any atom is 0.193 e. The van der Waals surface area contributed by atoms with Gasteiger partial charge >= 0.3 is 0 Å². The maximum absolute atomic E-state index is 6.26. The first-order chi connectivity index (χ1) is 10.3. The fourth-order valence-electron chi connectivity index (χ4n) is 2.35. The molecule has 0 aliphatic heterocycles. The lowest BCUT2D eigenvalue weighted by molar-refractivity contribution is 0.686. The Morgan fingerprint density at radius 2 is 2.05 bits per heavy atom. The Hall–Kier alpha value is -2.31. The summed E-state index contributed by atoms with van der Waals surface area (Å²) in [7, 11) is 0. The van der Waals surface area contributed by atoms with Crippen LogP contribution < -0.4 is 5.73 Å². The molecule has 0 aliphatic rings. The maximum atomic E-state index is 6.26. The predicted octanol–water partition coefficient (Wildman–Crippen LogP) is 2.58. The molecule has 0 spiro atoms. The number of fused-ring (bicyclic) bond motifs is 2. The summed E-state index contributed by atoms with van der Waals surface area (Å²) in [5.41, 5.74) is 9.79. The van der Waals surface area contributed by atoms with Gasteiger partial charge in [0.2, 0.25) is 0 Å². The van der Waals surface area contributed by atoms with Crippen LogP contribution in [-0.4, -0.2) is 19.4 Å². The Morgan fingerprint density at radius 1 is 1.19 bits per heavy atom. The third kappa shape index (κ3) is 2.28. The lowest BCUT2D eigenvalue weighted by atomic mass is 10.1. The van der Waals surface area contributed by atoms with E-state index < -0.39 is 0 Å². The first-order valence-corrected chi connectivity index (χ1v) is 7.56. The lowest BCUT2D eigenvalue weighted by Crippen LogP contribution is -2.15. The van der Waals surface area contributed by atoms with E-state index in [1.54, 1.807) is 17.5 Å². The second-order valence-electron chi connectivity index (χ2n) is 4.92. The number of nitrogens with zero attached hydrogens (tertiary/aromatic N) is 4. The van der Waals surface area contributed by atoms with Crippen LogP contribution in [0.25, 0.3) is 16.0 Å². The molecule has 3 heterocycles. The van der Waals surface area contributed by atoms with Crippen molar-refractivity contribution in [3.63, 3.8) is 0 Å². The molecule has 4 rings (SSSR count). The zero-order valence-electron chi connectivity index (χ0n) is 11.2. The summed E-state index contributed by atoms with van der Waals surface area (Å²) >= 11 is 1.62. The minimum atomic E-state index is -0.202. The standard InChI is InChI=1S/C15H13N5S/c16-11(7-10-9-20-5-6-21-15(20)18-10)14-8-17-12-3-1-2-4-13(12)19-14/h1-6,8-9,11H,7,16H2. The van der Waals surface area contributed by atoms with Crippen LogP contribution in [0.1, 0.15) is 17.4 Å². The van der Waals surface area contributed by atoms with Gasteiger partial charge in [-0.15, -0.1) is 11.3 Å². The van der Waals surface area contributed by atoms with E-state index >= 15 is 0 Å². The van der Waals surface area contributed by atoms with E-state index in [2.05, 4.69) is 15.0 Å². The van der Waals surface area contributed by atoms with Crippen molar-refractivity contribution in [2.75, 3.05) is 0 Å². The predicted molar refractivity (Wildman–Crippen MR) is 83.2 cm³/mol. The summed E-state index contributed by atoms with van der Waals surface area (Å²) in [4.78, 5) is 14.5. The molecule has 2 N–H and O–H groups in total. The number of nitrogens with two attached hydrogens (primary N) is 1. The SMILES string of the molecule is NC(Cc1cn2ccsc2n1)c1cnc2ccccc2n1. The zero-order chi connectivity index (χ0) is 14.2. The summed E-state index contributed by atoms with van der Waals surface area (Å²) in [6, 6.07) is 7.60. The Morgan fingerprint density at radius 3 is 2.90 bits per heavy atom. The quantitative estimate of drug-likeness (QED) is 0.630. The van der Waals surface area contributed by atoms with Gasteiger partial charge in [0.05, 0.1) is 34.7 Å². The fraction of sp³-hybridized carbons (Fsp3) is 0.133. The van der Waals surface area contributed by atoms with Crippen molar-refractivity contribution >= 4 is 27.3 Å². The Labute approximate surface area is 125 Å². The number of hydrogen-bond donors (Lipinski definition) is 1. The third-order valence-corrected chi connectivity index (χ3v) is 4.19. The van der Waals surface area contributed by atoms with Crippen molar-refractivity contribution in [1.29, 1.82) is 0 Å². The van der Waals surface area contributed by atoms with Crippen LogP contribution in [-0.2, 0) is 6.42 Å². The van der Waals surface area contributed by atoms with Crippen LogP contribution in [0.2, 0.25) is 0 Å². The molecular formula is C15H13N5S. The van der Waals surface area contributed by atoms with Crippen molar-refractivity contribution in [3.05, 3.63) is 59.6 Å². The number of rotatable bonds is 3. The molecule has 0 fully saturated rings. The van der Waals surface area contributed by atoms with Gasteiger partial charge in [-0.3, -0.25) is 9.38 Å². The molecule has 104 valence electrons. The zero-order valence-corrected chi connectivity index (χ0v) is 12.0. The molecular weight excluding hydrogens is 282 g/mol. The molecule has 5 nitrogen and oxygen atoms in total. The normalized spacial score (nSPS) is 13.0. The second kappa shape index (κ2) is 4.91. The van der Waals surface area contributed by atoms with Gasteiger partial charge in [0.1, 0.15) is 0 Å². The van der Waals surface area contributed by atoms with Gasteiger partial charge in [0.15, 0.2) is 4.96 Å². The topological polar surface area (TPSA) is 69.1 Å². The van der Waals surface area contributed by atoms with Crippen LogP contribution in [0.5, 0.6) is 0 Å². The van der Waals surface area contributed by atoms with E-state index in [1.807, 2.05) is 46.4 Å². The fourth-order valence-corrected chi connectivity index (χ4v) is 3.07. The average Bonchev–Trinajstić information content (AvgIpc) is 3.08. The number of aromatic nitrogens is 4. The summed E-state index contributed by atoms with van der Waals surface area (Å²) in [6.07, 6.45) is 6.42. The minimum Gasteiger partial charge on any atom is -0.322 e. The molecule has 0 amide bonds. The van der Waals surface area contributed by atoms with E-state index in [9.17, 15) is 0 Å². The van der Waals surface area contributed by atoms with Gasteiger partial charge in [-0.25, -0.2) is 9.97 Å². The molecule has 0 saturated carbocycles. The van der Waals surface area contributed by atoms with Gasteiger partial charge in [-0.05, 0) is 12.1 Å². The molecule has 0 bridgehead atoms. The van der Waals surface area contributed by atoms with Crippen LogP contribution >= 0.6 is 11.3 Å². The van der Waals surface area contributed by atoms with E-state index in [1.165, 1.54) is 0 Å². The summed E-state index contributed by atoms with van der Waals surface area (Å²) in [5, 5.41) is 2.01. The van der Waals surface area contributed by atoms with Crippen LogP contribution in [0.4, 0.5) is 0 Å². The molecule has 1 aromatic carbocycles. The van der Waals surface area contributed by atoms with Crippen LogP contribution in [0.15, 0.2) is 48.2 Å². The molecule has 3 aromatic heterocycles. The molecule has 0 aliphatic carbocycles. The van der Waals surface area contributed by atoms with Crippen LogP contribution in [0.3, 0.4) is 0 Å². The van der Waals surface area contributed by atoms with E-state index in [0.717, 1.165) is 27.4 Å².